The predicted molar refractivity (Wildman–Crippen MR) is 106 cm³/mol. The van der Waals surface area contributed by atoms with Crippen LogP contribution in [-0.4, -0.2) is 31.8 Å². The normalized spacial score (nSPS) is 10.8. The minimum atomic E-state index is -0.674. The lowest BCUT2D eigenvalue weighted by molar-refractivity contribution is 0.0949. The van der Waals surface area contributed by atoms with Crippen molar-refractivity contribution in [3.8, 4) is 0 Å². The zero-order valence-electron chi connectivity index (χ0n) is 15.5. The average molecular weight is 402 g/mol. The molecule has 0 saturated heterocycles. The molecule has 9 heteroatoms. The van der Waals surface area contributed by atoms with Gasteiger partial charge in [0.1, 0.15) is 5.56 Å². The van der Waals surface area contributed by atoms with Gasteiger partial charge in [-0.3, -0.25) is 18.8 Å². The van der Waals surface area contributed by atoms with Gasteiger partial charge in [-0.1, -0.05) is 29.8 Å². The van der Waals surface area contributed by atoms with Crippen LogP contribution in [0.5, 0.6) is 0 Å². The Hall–Kier alpha value is -3.13. The third-order valence-corrected chi connectivity index (χ3v) is 4.67. The van der Waals surface area contributed by atoms with E-state index in [0.29, 0.717) is 23.7 Å². The molecule has 0 fully saturated rings. The van der Waals surface area contributed by atoms with E-state index in [-0.39, 0.29) is 12.1 Å². The molecule has 3 rings (SSSR count). The minimum Gasteiger partial charge on any atom is -0.350 e. The largest absolute Gasteiger partial charge is 0.350 e. The van der Waals surface area contributed by atoms with Crippen LogP contribution in [-0.2, 0) is 13.1 Å². The second-order valence-electron chi connectivity index (χ2n) is 6.40. The molecule has 1 aromatic carbocycles. The number of H-pyrrole nitrogens is 1. The van der Waals surface area contributed by atoms with Gasteiger partial charge in [0.15, 0.2) is 0 Å². The molecular formula is C19H20ClN5O3. The van der Waals surface area contributed by atoms with Crippen molar-refractivity contribution in [2.24, 2.45) is 0 Å². The molecule has 0 spiro atoms. The van der Waals surface area contributed by atoms with E-state index in [0.717, 1.165) is 22.2 Å². The van der Waals surface area contributed by atoms with Crippen molar-refractivity contribution in [3.63, 3.8) is 0 Å². The number of hydrogen-bond donors (Lipinski definition) is 2. The fourth-order valence-corrected chi connectivity index (χ4v) is 3.08. The molecule has 2 N–H and O–H groups in total. The number of amides is 1. The summed E-state index contributed by atoms with van der Waals surface area (Å²) in [5.41, 5.74) is 1.07. The number of hydrogen-bond acceptors (Lipinski definition) is 4. The molecule has 2 aromatic heterocycles. The van der Waals surface area contributed by atoms with Crippen molar-refractivity contribution in [2.45, 2.75) is 26.9 Å². The Morgan fingerprint density at radius 3 is 2.68 bits per heavy atom. The Bertz CT molecular complexity index is 1130. The zero-order chi connectivity index (χ0) is 20.3. The van der Waals surface area contributed by atoms with E-state index in [1.165, 1.54) is 0 Å². The van der Waals surface area contributed by atoms with E-state index in [4.69, 9.17) is 11.6 Å². The Kier molecular flexibility index (Phi) is 5.79. The van der Waals surface area contributed by atoms with Gasteiger partial charge in [-0.25, -0.2) is 4.79 Å². The summed E-state index contributed by atoms with van der Waals surface area (Å²) in [6.07, 6.45) is 1.13. The third kappa shape index (κ3) is 4.23. The van der Waals surface area contributed by atoms with Crippen molar-refractivity contribution < 1.29 is 4.79 Å². The van der Waals surface area contributed by atoms with Crippen molar-refractivity contribution in [1.29, 1.82) is 0 Å². The summed E-state index contributed by atoms with van der Waals surface area (Å²) < 4.78 is 2.73. The maximum Gasteiger partial charge on any atom is 0.328 e. The molecule has 1 amide bonds. The van der Waals surface area contributed by atoms with E-state index in [1.54, 1.807) is 28.9 Å². The van der Waals surface area contributed by atoms with Gasteiger partial charge in [0, 0.05) is 23.5 Å². The summed E-state index contributed by atoms with van der Waals surface area (Å²) in [6, 6.07) is 8.85. The van der Waals surface area contributed by atoms with Gasteiger partial charge < -0.3 is 10.3 Å². The highest BCUT2D eigenvalue weighted by atomic mass is 35.5. The van der Waals surface area contributed by atoms with Gasteiger partial charge in [-0.2, -0.15) is 5.10 Å². The van der Waals surface area contributed by atoms with Crippen LogP contribution in [0.4, 0.5) is 0 Å². The number of halogens is 1. The standard InChI is InChI=1S/C19H20ClN5O3/c1-12-9-13(2)25(23-12)8-7-21-17(26)15-10-22-19(28)24(18(15)27)11-14-5-3-4-6-16(14)20/h3-6,9-10H,7-8,11H2,1-2H3,(H,21,26)(H,22,28). The van der Waals surface area contributed by atoms with Crippen molar-refractivity contribution in [3.05, 3.63) is 84.9 Å². The highest BCUT2D eigenvalue weighted by Crippen LogP contribution is 2.14. The van der Waals surface area contributed by atoms with Crippen LogP contribution in [0.2, 0.25) is 5.02 Å². The number of nitrogens with one attached hydrogen (secondary N) is 2. The van der Waals surface area contributed by atoms with Crippen LogP contribution in [0, 0.1) is 13.8 Å². The number of carbonyl (C=O) groups is 1. The van der Waals surface area contributed by atoms with Crippen LogP contribution in [0.3, 0.4) is 0 Å². The number of aryl methyl sites for hydroxylation is 2. The second-order valence-corrected chi connectivity index (χ2v) is 6.80. The summed E-state index contributed by atoms with van der Waals surface area (Å²) >= 11 is 6.11. The SMILES string of the molecule is Cc1cc(C)n(CCNC(=O)c2c[nH]c(=O)n(Cc3ccccc3Cl)c2=O)n1. The molecule has 0 unspecified atom stereocenters. The Morgan fingerprint density at radius 1 is 1.25 bits per heavy atom. The number of aromatic amines is 1. The number of benzene rings is 1. The fraction of sp³-hybridized carbons (Fsp3) is 0.263. The monoisotopic (exact) mass is 401 g/mol. The smallest absolute Gasteiger partial charge is 0.328 e. The molecule has 0 atom stereocenters. The molecule has 0 aliphatic heterocycles. The average Bonchev–Trinajstić information content (AvgIpc) is 2.97. The highest BCUT2D eigenvalue weighted by molar-refractivity contribution is 6.31. The third-order valence-electron chi connectivity index (χ3n) is 4.30. The fourth-order valence-electron chi connectivity index (χ4n) is 2.89. The summed E-state index contributed by atoms with van der Waals surface area (Å²) in [5, 5.41) is 7.44. The minimum absolute atomic E-state index is 0.0271. The Morgan fingerprint density at radius 2 is 2.00 bits per heavy atom. The Labute approximate surface area is 165 Å². The first kappa shape index (κ1) is 19.6. The maximum absolute atomic E-state index is 12.7. The van der Waals surface area contributed by atoms with E-state index in [2.05, 4.69) is 15.4 Å². The topological polar surface area (TPSA) is 102 Å². The van der Waals surface area contributed by atoms with Crippen molar-refractivity contribution in [1.82, 2.24) is 24.6 Å². The summed E-state index contributed by atoms with van der Waals surface area (Å²) in [5.74, 6) is -0.560. The van der Waals surface area contributed by atoms with Crippen LogP contribution in [0.15, 0.2) is 46.1 Å². The van der Waals surface area contributed by atoms with E-state index >= 15 is 0 Å². The molecule has 2 heterocycles. The van der Waals surface area contributed by atoms with Gasteiger partial charge in [0.2, 0.25) is 0 Å². The van der Waals surface area contributed by atoms with Gasteiger partial charge in [-0.15, -0.1) is 0 Å². The molecule has 0 radical (unpaired) electrons. The Balaban J connectivity index is 1.76. The molecule has 3 aromatic rings. The van der Waals surface area contributed by atoms with Crippen LogP contribution >= 0.6 is 11.6 Å². The quantitative estimate of drug-likeness (QED) is 0.653. The molecule has 0 aliphatic rings. The van der Waals surface area contributed by atoms with Gasteiger partial charge in [0.25, 0.3) is 11.5 Å². The molecule has 0 aliphatic carbocycles. The summed E-state index contributed by atoms with van der Waals surface area (Å²) in [4.78, 5) is 39.6. The van der Waals surface area contributed by atoms with Crippen LogP contribution < -0.4 is 16.6 Å². The predicted octanol–water partition coefficient (Wildman–Crippen LogP) is 1.48. The number of rotatable bonds is 6. The molecule has 8 nitrogen and oxygen atoms in total. The van der Waals surface area contributed by atoms with Gasteiger partial charge in [-0.05, 0) is 31.5 Å². The first-order valence-electron chi connectivity index (χ1n) is 8.72. The highest BCUT2D eigenvalue weighted by Gasteiger charge is 2.15. The molecule has 0 bridgehead atoms. The number of nitrogens with zero attached hydrogens (tertiary/aromatic N) is 3. The maximum atomic E-state index is 12.7. The molecule has 146 valence electrons. The lowest BCUT2D eigenvalue weighted by Crippen LogP contribution is -2.41. The lowest BCUT2D eigenvalue weighted by atomic mass is 10.2. The first-order chi connectivity index (χ1) is 13.4. The molecule has 0 saturated carbocycles. The summed E-state index contributed by atoms with van der Waals surface area (Å²) in [7, 11) is 0. The van der Waals surface area contributed by atoms with E-state index in [9.17, 15) is 14.4 Å². The van der Waals surface area contributed by atoms with E-state index in [1.807, 2.05) is 19.9 Å². The molecule has 28 heavy (non-hydrogen) atoms. The first-order valence-corrected chi connectivity index (χ1v) is 9.10. The van der Waals surface area contributed by atoms with Crippen LogP contribution in [0.1, 0.15) is 27.3 Å². The lowest BCUT2D eigenvalue weighted by Gasteiger charge is -2.09. The van der Waals surface area contributed by atoms with Gasteiger partial charge in [0.05, 0.1) is 18.8 Å². The van der Waals surface area contributed by atoms with Crippen molar-refractivity contribution >= 4 is 17.5 Å². The second kappa shape index (κ2) is 8.26. The van der Waals surface area contributed by atoms with E-state index < -0.39 is 17.2 Å². The van der Waals surface area contributed by atoms with Crippen molar-refractivity contribution in [2.75, 3.05) is 6.54 Å². The summed E-state index contributed by atoms with van der Waals surface area (Å²) in [6.45, 7) is 4.56. The van der Waals surface area contributed by atoms with Crippen LogP contribution in [0.25, 0.3) is 0 Å². The zero-order valence-corrected chi connectivity index (χ0v) is 16.3. The molecular weight excluding hydrogens is 382 g/mol. The number of carbonyl (C=O) groups excluding carboxylic acids is 1. The number of aromatic nitrogens is 4. The van der Waals surface area contributed by atoms with Gasteiger partial charge >= 0.3 is 5.69 Å².